The minimum Gasteiger partial charge on any atom is -0.491 e. The van der Waals surface area contributed by atoms with Crippen LogP contribution in [0, 0.1) is 6.92 Å². The number of benzene rings is 1. The van der Waals surface area contributed by atoms with Crippen LogP contribution in [0.4, 0.5) is 0 Å². The van der Waals surface area contributed by atoms with Crippen molar-refractivity contribution in [2.24, 2.45) is 5.16 Å². The average molecular weight is 409 g/mol. The molecule has 0 bridgehead atoms. The Morgan fingerprint density at radius 1 is 1.35 bits per heavy atom. The van der Waals surface area contributed by atoms with Crippen LogP contribution < -0.4 is 4.74 Å². The lowest BCUT2D eigenvalue weighted by Crippen LogP contribution is -2.16. The highest BCUT2D eigenvalue weighted by Crippen LogP contribution is 2.34. The van der Waals surface area contributed by atoms with Crippen LogP contribution in [0.25, 0.3) is 0 Å². The molecule has 0 aliphatic rings. The van der Waals surface area contributed by atoms with Crippen LogP contribution in [0.3, 0.4) is 0 Å². The van der Waals surface area contributed by atoms with Crippen molar-refractivity contribution in [3.05, 3.63) is 26.6 Å². The summed E-state index contributed by atoms with van der Waals surface area (Å²) in [6, 6.07) is 3.91. The molecule has 0 heterocycles. The van der Waals surface area contributed by atoms with Crippen molar-refractivity contribution in [3.63, 3.8) is 0 Å². The summed E-state index contributed by atoms with van der Waals surface area (Å²) in [6.07, 6.45) is 0.811. The summed E-state index contributed by atoms with van der Waals surface area (Å²) < 4.78 is 11.8. The standard InChI is InChI=1S/C13H15Br2NO4/c1-8-6-9(14)12(10(15)7-8)20-5-3-4-11(16-18)13(17)19-2/h6-7,18H,3-5H2,1-2H3/b16-11-. The van der Waals surface area contributed by atoms with Gasteiger partial charge in [0, 0.05) is 6.42 Å². The van der Waals surface area contributed by atoms with Crippen molar-refractivity contribution in [1.29, 1.82) is 0 Å². The maximum atomic E-state index is 11.2. The smallest absolute Gasteiger partial charge is 0.355 e. The maximum absolute atomic E-state index is 11.2. The first-order valence-corrected chi connectivity index (χ1v) is 7.46. The Labute approximate surface area is 134 Å². The number of hydrogen-bond acceptors (Lipinski definition) is 5. The molecule has 0 aliphatic heterocycles. The molecular formula is C13H15Br2NO4. The Hall–Kier alpha value is -1.08. The van der Waals surface area contributed by atoms with E-state index in [0.29, 0.717) is 18.8 Å². The lowest BCUT2D eigenvalue weighted by atomic mass is 10.2. The van der Waals surface area contributed by atoms with Crippen molar-refractivity contribution in [2.45, 2.75) is 19.8 Å². The molecule has 5 nitrogen and oxygen atoms in total. The van der Waals surface area contributed by atoms with Crippen LogP contribution in [0.5, 0.6) is 5.75 Å². The topological polar surface area (TPSA) is 68.1 Å². The van der Waals surface area contributed by atoms with Crippen molar-refractivity contribution in [3.8, 4) is 5.75 Å². The molecule has 0 atom stereocenters. The highest BCUT2D eigenvalue weighted by molar-refractivity contribution is 9.11. The van der Waals surface area contributed by atoms with Gasteiger partial charge in [0.1, 0.15) is 5.75 Å². The SMILES string of the molecule is COC(=O)/C(CCCOc1c(Br)cc(C)cc1Br)=N\O. The average Bonchev–Trinajstić information content (AvgIpc) is 2.40. The number of esters is 1. The Bertz CT molecular complexity index is 494. The summed E-state index contributed by atoms with van der Waals surface area (Å²) in [5, 5.41) is 11.6. The Morgan fingerprint density at radius 3 is 2.45 bits per heavy atom. The first-order valence-electron chi connectivity index (χ1n) is 5.87. The number of methoxy groups -OCH3 is 1. The molecule has 110 valence electrons. The lowest BCUT2D eigenvalue weighted by Gasteiger charge is -2.11. The third-order valence-electron chi connectivity index (χ3n) is 2.49. The molecule has 0 aliphatic carbocycles. The first kappa shape index (κ1) is 17.0. The number of carbonyl (C=O) groups is 1. The van der Waals surface area contributed by atoms with E-state index in [4.69, 9.17) is 9.94 Å². The summed E-state index contributed by atoms with van der Waals surface area (Å²) in [5.74, 6) is 0.0707. The molecule has 1 rings (SSSR count). The Balaban J connectivity index is 2.52. The van der Waals surface area contributed by atoms with Gasteiger partial charge in [-0.15, -0.1) is 0 Å². The number of hydrogen-bond donors (Lipinski definition) is 1. The fourth-order valence-electron chi connectivity index (χ4n) is 1.55. The van der Waals surface area contributed by atoms with E-state index in [1.165, 1.54) is 7.11 Å². The molecule has 1 N–H and O–H groups in total. The Morgan fingerprint density at radius 2 is 1.95 bits per heavy atom. The number of oxime groups is 1. The number of halogens is 2. The summed E-state index contributed by atoms with van der Waals surface area (Å²) in [5.41, 5.74) is 1.09. The summed E-state index contributed by atoms with van der Waals surface area (Å²) in [4.78, 5) is 11.2. The summed E-state index contributed by atoms with van der Waals surface area (Å²) in [7, 11) is 1.24. The minimum absolute atomic E-state index is 0.0156. The Kier molecular flexibility index (Phi) is 7.01. The lowest BCUT2D eigenvalue weighted by molar-refractivity contribution is -0.133. The van der Waals surface area contributed by atoms with E-state index in [1.54, 1.807) is 0 Å². The van der Waals surface area contributed by atoms with Crippen LogP contribution >= 0.6 is 31.9 Å². The van der Waals surface area contributed by atoms with Crippen LogP contribution in [0.2, 0.25) is 0 Å². The molecular weight excluding hydrogens is 394 g/mol. The second-order valence-corrected chi connectivity index (χ2v) is 5.76. The second-order valence-electron chi connectivity index (χ2n) is 4.05. The molecule has 0 saturated carbocycles. The monoisotopic (exact) mass is 407 g/mol. The zero-order chi connectivity index (χ0) is 15.1. The van der Waals surface area contributed by atoms with Crippen LogP contribution in [-0.2, 0) is 9.53 Å². The largest absolute Gasteiger partial charge is 0.491 e. The number of carbonyl (C=O) groups excluding carboxylic acids is 1. The highest BCUT2D eigenvalue weighted by Gasteiger charge is 2.13. The van der Waals surface area contributed by atoms with Crippen LogP contribution in [0.1, 0.15) is 18.4 Å². The van der Waals surface area contributed by atoms with Crippen molar-refractivity contribution in [1.82, 2.24) is 0 Å². The predicted octanol–water partition coefficient (Wildman–Crippen LogP) is 3.68. The van der Waals surface area contributed by atoms with Gasteiger partial charge in [-0.3, -0.25) is 0 Å². The summed E-state index contributed by atoms with van der Waals surface area (Å²) >= 11 is 6.87. The van der Waals surface area contributed by atoms with E-state index in [9.17, 15) is 4.79 Å². The predicted molar refractivity (Wildman–Crippen MR) is 82.5 cm³/mol. The van der Waals surface area contributed by atoms with Gasteiger partial charge in [0.25, 0.3) is 0 Å². The zero-order valence-corrected chi connectivity index (χ0v) is 14.3. The second kappa shape index (κ2) is 8.26. The van der Waals surface area contributed by atoms with Gasteiger partial charge in [-0.2, -0.15) is 0 Å². The highest BCUT2D eigenvalue weighted by atomic mass is 79.9. The molecule has 1 aromatic carbocycles. The van der Waals surface area contributed by atoms with Gasteiger partial charge in [-0.05, 0) is 62.9 Å². The number of ether oxygens (including phenoxy) is 2. The number of rotatable bonds is 6. The molecule has 0 radical (unpaired) electrons. The minimum atomic E-state index is -0.634. The van der Waals surface area contributed by atoms with Gasteiger partial charge in [0.2, 0.25) is 0 Å². The van der Waals surface area contributed by atoms with Gasteiger partial charge < -0.3 is 14.7 Å². The molecule has 0 unspecified atom stereocenters. The van der Waals surface area contributed by atoms with E-state index >= 15 is 0 Å². The van der Waals surface area contributed by atoms with E-state index in [-0.39, 0.29) is 12.1 Å². The quantitative estimate of drug-likeness (QED) is 0.256. The summed E-state index contributed by atoms with van der Waals surface area (Å²) in [6.45, 7) is 2.37. The normalized spacial score (nSPS) is 11.3. The molecule has 0 fully saturated rings. The van der Waals surface area contributed by atoms with E-state index < -0.39 is 5.97 Å². The van der Waals surface area contributed by atoms with Crippen LogP contribution in [0.15, 0.2) is 26.2 Å². The van der Waals surface area contributed by atoms with Crippen molar-refractivity contribution in [2.75, 3.05) is 13.7 Å². The maximum Gasteiger partial charge on any atom is 0.355 e. The molecule has 0 spiro atoms. The van der Waals surface area contributed by atoms with Gasteiger partial charge in [-0.25, -0.2) is 4.79 Å². The number of nitrogens with zero attached hydrogens (tertiary/aromatic N) is 1. The van der Waals surface area contributed by atoms with Gasteiger partial charge in [0.05, 0.1) is 22.7 Å². The van der Waals surface area contributed by atoms with Crippen molar-refractivity contribution < 1.29 is 19.5 Å². The fourth-order valence-corrected chi connectivity index (χ4v) is 3.19. The number of aryl methyl sites for hydroxylation is 1. The molecule has 0 saturated heterocycles. The molecule has 20 heavy (non-hydrogen) atoms. The molecule has 0 amide bonds. The molecule has 0 aromatic heterocycles. The molecule has 1 aromatic rings. The third kappa shape index (κ3) is 4.79. The van der Waals surface area contributed by atoms with Crippen molar-refractivity contribution >= 4 is 43.5 Å². The van der Waals surface area contributed by atoms with E-state index in [1.807, 2.05) is 19.1 Å². The zero-order valence-electron chi connectivity index (χ0n) is 11.2. The van der Waals surface area contributed by atoms with Gasteiger partial charge in [-0.1, -0.05) is 5.16 Å². The fraction of sp³-hybridized carbons (Fsp3) is 0.385. The van der Waals surface area contributed by atoms with Crippen LogP contribution in [-0.4, -0.2) is 30.6 Å². The first-order chi connectivity index (χ1) is 9.49. The van der Waals surface area contributed by atoms with E-state index in [2.05, 4.69) is 41.8 Å². The molecule has 7 heteroatoms. The van der Waals surface area contributed by atoms with Gasteiger partial charge >= 0.3 is 5.97 Å². The third-order valence-corrected chi connectivity index (χ3v) is 3.67. The van der Waals surface area contributed by atoms with E-state index in [0.717, 1.165) is 14.5 Å². The van der Waals surface area contributed by atoms with Gasteiger partial charge in [0.15, 0.2) is 5.71 Å².